The number of halogens is 1. The number of esters is 1. The van der Waals surface area contributed by atoms with Crippen LogP contribution in [0.15, 0.2) is 29.6 Å². The summed E-state index contributed by atoms with van der Waals surface area (Å²) in [5, 5.41) is 17.6. The molecule has 0 radical (unpaired) electrons. The average Bonchev–Trinajstić information content (AvgIpc) is 3.88. The molecule has 0 bridgehead atoms. The molecule has 0 spiro atoms. The SMILES string of the molecule is CC[C@H](C)[C@H](NC(=O)[C@H]1CCCCN1C)C(=O)N(C[C@H]1CCCO1)[C@H](C[C@@H](OC(C)=O)c1nc(C(=O)N[C@@H](Cc2ccc(F)cc2)C[C@H](C)C(=O)O)cs1)C(C)C. The van der Waals surface area contributed by atoms with E-state index in [1.165, 1.54) is 19.1 Å². The van der Waals surface area contributed by atoms with Gasteiger partial charge in [0.25, 0.3) is 5.91 Å². The van der Waals surface area contributed by atoms with Gasteiger partial charge in [-0.05, 0) is 81.6 Å². The molecule has 2 fully saturated rings. The largest absolute Gasteiger partial charge is 0.481 e. The standard InChI is InChI=1S/C42H62FN5O8S/c1-8-26(4)37(46-39(51)34-13-9-10-18-47(34)7)41(52)48(23-32-12-11-19-55-32)35(25(2)3)22-36(56-28(6)49)40-45-33(24-57-40)38(50)44-31(20-27(5)42(53)54)21-29-14-16-30(43)17-15-29/h14-17,24-27,31-32,34-37H,8-13,18-23H2,1-7H3,(H,44,50)(H,46,51)(H,53,54)/t26-,27-,31+,32+,34+,35+,36+,37-/m0/s1. The molecular formula is C42H62FN5O8S. The van der Waals surface area contributed by atoms with Crippen LogP contribution in [0.5, 0.6) is 0 Å². The smallest absolute Gasteiger partial charge is 0.306 e. The number of likely N-dealkylation sites (N-methyl/N-ethyl adjacent to an activating group) is 1. The summed E-state index contributed by atoms with van der Waals surface area (Å²) in [5.74, 6) is -3.90. The van der Waals surface area contributed by atoms with E-state index < -0.39 is 53.8 Å². The lowest BCUT2D eigenvalue weighted by atomic mass is 9.91. The Hall–Kier alpha value is -3.95. The molecule has 13 nitrogen and oxygen atoms in total. The zero-order chi connectivity index (χ0) is 41.8. The molecule has 2 aromatic rings. The van der Waals surface area contributed by atoms with E-state index in [4.69, 9.17) is 9.47 Å². The summed E-state index contributed by atoms with van der Waals surface area (Å²) >= 11 is 1.15. The molecule has 3 heterocycles. The summed E-state index contributed by atoms with van der Waals surface area (Å²) in [7, 11) is 1.94. The molecule has 1 aromatic carbocycles. The van der Waals surface area contributed by atoms with Crippen molar-refractivity contribution in [3.63, 3.8) is 0 Å². The monoisotopic (exact) mass is 815 g/mol. The van der Waals surface area contributed by atoms with Crippen LogP contribution in [-0.2, 0) is 35.1 Å². The Morgan fingerprint density at radius 2 is 1.77 bits per heavy atom. The van der Waals surface area contributed by atoms with E-state index in [1.807, 2.05) is 44.5 Å². The highest BCUT2D eigenvalue weighted by Gasteiger charge is 2.40. The molecule has 15 heteroatoms. The summed E-state index contributed by atoms with van der Waals surface area (Å²) in [4.78, 5) is 75.0. The Balaban J connectivity index is 1.61. The van der Waals surface area contributed by atoms with Gasteiger partial charge in [-0.25, -0.2) is 9.37 Å². The predicted molar refractivity (Wildman–Crippen MR) is 215 cm³/mol. The quantitative estimate of drug-likeness (QED) is 0.140. The third kappa shape index (κ3) is 13.3. The molecule has 4 rings (SSSR count). The fraction of sp³-hybridized carbons (Fsp3) is 0.667. The second-order valence-corrected chi connectivity index (χ2v) is 17.1. The number of hydrogen-bond donors (Lipinski definition) is 3. The lowest BCUT2D eigenvalue weighted by molar-refractivity contribution is -0.150. The van der Waals surface area contributed by atoms with Crippen LogP contribution >= 0.6 is 11.3 Å². The molecule has 316 valence electrons. The van der Waals surface area contributed by atoms with E-state index in [2.05, 4.69) is 15.6 Å². The van der Waals surface area contributed by atoms with Crippen LogP contribution in [-0.4, -0.2) is 107 Å². The highest BCUT2D eigenvalue weighted by Crippen LogP contribution is 2.32. The van der Waals surface area contributed by atoms with Crippen LogP contribution in [0.3, 0.4) is 0 Å². The number of carboxylic acid groups (broad SMARTS) is 1. The van der Waals surface area contributed by atoms with Crippen molar-refractivity contribution in [2.45, 2.75) is 136 Å². The first-order chi connectivity index (χ1) is 27.1. The van der Waals surface area contributed by atoms with Crippen molar-refractivity contribution in [3.05, 3.63) is 51.7 Å². The Morgan fingerprint density at radius 1 is 1.05 bits per heavy atom. The molecule has 0 saturated carbocycles. The predicted octanol–water partition coefficient (Wildman–Crippen LogP) is 5.78. The first-order valence-electron chi connectivity index (χ1n) is 20.4. The van der Waals surface area contributed by atoms with Gasteiger partial charge in [-0.15, -0.1) is 11.3 Å². The number of benzene rings is 1. The van der Waals surface area contributed by atoms with Gasteiger partial charge in [0.2, 0.25) is 11.8 Å². The number of carbonyl (C=O) groups is 5. The lowest BCUT2D eigenvalue weighted by Crippen LogP contribution is -2.59. The van der Waals surface area contributed by atoms with Gasteiger partial charge in [-0.3, -0.25) is 28.9 Å². The minimum Gasteiger partial charge on any atom is -0.481 e. The Morgan fingerprint density at radius 3 is 2.37 bits per heavy atom. The van der Waals surface area contributed by atoms with Gasteiger partial charge in [-0.1, -0.05) is 59.6 Å². The number of carboxylic acids is 1. The second kappa shape index (κ2) is 21.7. The van der Waals surface area contributed by atoms with Gasteiger partial charge in [-0.2, -0.15) is 0 Å². The van der Waals surface area contributed by atoms with Crippen LogP contribution in [0.4, 0.5) is 4.39 Å². The van der Waals surface area contributed by atoms with Gasteiger partial charge < -0.3 is 30.1 Å². The third-order valence-corrected chi connectivity index (χ3v) is 12.2. The zero-order valence-electron chi connectivity index (χ0n) is 34.5. The van der Waals surface area contributed by atoms with Crippen LogP contribution < -0.4 is 10.6 Å². The zero-order valence-corrected chi connectivity index (χ0v) is 35.3. The summed E-state index contributed by atoms with van der Waals surface area (Å²) < 4.78 is 25.5. The van der Waals surface area contributed by atoms with Crippen molar-refractivity contribution in [1.82, 2.24) is 25.4 Å². The molecule has 3 amide bonds. The van der Waals surface area contributed by atoms with Crippen molar-refractivity contribution in [2.24, 2.45) is 17.8 Å². The van der Waals surface area contributed by atoms with E-state index >= 15 is 0 Å². The number of nitrogens with zero attached hydrogens (tertiary/aromatic N) is 3. The third-order valence-electron chi connectivity index (χ3n) is 11.3. The highest BCUT2D eigenvalue weighted by atomic mass is 32.1. The summed E-state index contributed by atoms with van der Waals surface area (Å²) in [6.45, 7) is 12.5. The molecule has 0 aliphatic carbocycles. The number of nitrogens with one attached hydrogen (secondary N) is 2. The van der Waals surface area contributed by atoms with Gasteiger partial charge in [0.15, 0.2) is 6.10 Å². The fourth-order valence-electron chi connectivity index (χ4n) is 7.72. The minimum atomic E-state index is -1.00. The minimum absolute atomic E-state index is 0.0693. The maximum Gasteiger partial charge on any atom is 0.306 e. The number of thiazole rings is 1. The number of rotatable bonds is 20. The molecule has 3 N–H and O–H groups in total. The van der Waals surface area contributed by atoms with Crippen molar-refractivity contribution in [1.29, 1.82) is 0 Å². The van der Waals surface area contributed by atoms with Crippen LogP contribution in [0.1, 0.15) is 120 Å². The fourth-order valence-corrected chi connectivity index (χ4v) is 8.56. The van der Waals surface area contributed by atoms with Crippen molar-refractivity contribution in [2.75, 3.05) is 26.7 Å². The van der Waals surface area contributed by atoms with E-state index in [0.717, 1.165) is 55.5 Å². The molecule has 57 heavy (non-hydrogen) atoms. The summed E-state index contributed by atoms with van der Waals surface area (Å²) in [6.07, 6.45) is 4.51. The second-order valence-electron chi connectivity index (χ2n) is 16.2. The van der Waals surface area contributed by atoms with Gasteiger partial charge in [0.1, 0.15) is 22.6 Å². The lowest BCUT2D eigenvalue weighted by Gasteiger charge is -2.41. The number of piperidine rings is 1. The molecule has 8 atom stereocenters. The maximum absolute atomic E-state index is 14.9. The number of aromatic nitrogens is 1. The van der Waals surface area contributed by atoms with Crippen molar-refractivity contribution >= 4 is 41.0 Å². The Bertz CT molecular complexity index is 1650. The highest BCUT2D eigenvalue weighted by molar-refractivity contribution is 7.09. The van der Waals surface area contributed by atoms with Crippen LogP contribution in [0, 0.1) is 23.6 Å². The van der Waals surface area contributed by atoms with E-state index in [9.17, 15) is 33.5 Å². The topological polar surface area (TPSA) is 167 Å². The normalized spacial score (nSPS) is 20.5. The van der Waals surface area contributed by atoms with E-state index in [-0.39, 0.29) is 60.8 Å². The van der Waals surface area contributed by atoms with Gasteiger partial charge >= 0.3 is 11.9 Å². The van der Waals surface area contributed by atoms with Gasteiger partial charge in [0.05, 0.1) is 18.1 Å². The Kier molecular flexibility index (Phi) is 17.4. The van der Waals surface area contributed by atoms with Crippen molar-refractivity contribution in [3.8, 4) is 0 Å². The molecular weight excluding hydrogens is 754 g/mol. The molecule has 2 saturated heterocycles. The summed E-state index contributed by atoms with van der Waals surface area (Å²) in [5.41, 5.74) is 0.798. The number of carbonyl (C=O) groups excluding carboxylic acids is 4. The number of ether oxygens (including phenoxy) is 2. The number of hydrogen-bond acceptors (Lipinski definition) is 10. The average molecular weight is 816 g/mol. The molecule has 1 aromatic heterocycles. The van der Waals surface area contributed by atoms with Crippen LogP contribution in [0.25, 0.3) is 0 Å². The van der Waals surface area contributed by atoms with Crippen LogP contribution in [0.2, 0.25) is 0 Å². The summed E-state index contributed by atoms with van der Waals surface area (Å²) in [6, 6.07) is 3.66. The Labute approximate surface area is 340 Å². The van der Waals surface area contributed by atoms with E-state index in [0.29, 0.717) is 24.6 Å². The van der Waals surface area contributed by atoms with Crippen molar-refractivity contribution < 1.29 is 42.9 Å². The molecule has 2 aliphatic rings. The molecule has 2 aliphatic heterocycles. The number of likely N-dealkylation sites (tertiary alicyclic amines) is 1. The van der Waals surface area contributed by atoms with E-state index in [1.54, 1.807) is 24.4 Å². The first-order valence-corrected chi connectivity index (χ1v) is 21.3. The first kappa shape index (κ1) is 45.7. The molecule has 0 unspecified atom stereocenters. The number of aliphatic carboxylic acids is 1. The maximum atomic E-state index is 14.9. The van der Waals surface area contributed by atoms with Gasteiger partial charge in [0, 0.05) is 44.0 Å². The number of amides is 3.